The third-order valence-electron chi connectivity index (χ3n) is 3.83. The second kappa shape index (κ2) is 4.77. The number of hydrogen-bond acceptors (Lipinski definition) is 3. The van der Waals surface area contributed by atoms with Gasteiger partial charge in [0, 0.05) is 5.02 Å². The molecule has 20 heavy (non-hydrogen) atoms. The number of amides is 2. The number of hydrogen-bond donors (Lipinski definition) is 0. The standard InChI is InChI=1S/C15H11ClN2O2/c16-10-6-5-9(8-17)13(7-10)18-14(19)11-3-1-2-4-12(11)15(18)20/h1-2,5-7,11-12H,3-4H2/t11-,12+. The van der Waals surface area contributed by atoms with E-state index < -0.39 is 0 Å². The van der Waals surface area contributed by atoms with Crippen molar-refractivity contribution >= 4 is 29.1 Å². The lowest BCUT2D eigenvalue weighted by Crippen LogP contribution is -2.31. The molecule has 0 aromatic heterocycles. The lowest BCUT2D eigenvalue weighted by Gasteiger charge is -2.16. The van der Waals surface area contributed by atoms with Gasteiger partial charge in [-0.25, -0.2) is 4.90 Å². The Hall–Kier alpha value is -2.12. The number of rotatable bonds is 1. The van der Waals surface area contributed by atoms with Crippen molar-refractivity contribution in [1.82, 2.24) is 0 Å². The summed E-state index contributed by atoms with van der Waals surface area (Å²) in [7, 11) is 0. The van der Waals surface area contributed by atoms with Gasteiger partial charge in [0.15, 0.2) is 0 Å². The third-order valence-corrected chi connectivity index (χ3v) is 4.06. The molecule has 0 radical (unpaired) electrons. The maximum atomic E-state index is 12.4. The summed E-state index contributed by atoms with van der Waals surface area (Å²) in [4.78, 5) is 26.0. The van der Waals surface area contributed by atoms with Crippen LogP contribution in [0.1, 0.15) is 18.4 Å². The topological polar surface area (TPSA) is 61.2 Å². The first kappa shape index (κ1) is 12.9. The molecule has 1 aliphatic heterocycles. The van der Waals surface area contributed by atoms with Gasteiger partial charge in [0.05, 0.1) is 23.1 Å². The molecular formula is C15H11ClN2O2. The van der Waals surface area contributed by atoms with E-state index in [9.17, 15) is 9.59 Å². The largest absolute Gasteiger partial charge is 0.274 e. The third kappa shape index (κ3) is 1.83. The second-order valence-corrected chi connectivity index (χ2v) is 5.38. The summed E-state index contributed by atoms with van der Waals surface area (Å²) in [6.45, 7) is 0. The first-order chi connectivity index (χ1) is 9.63. The zero-order valence-electron chi connectivity index (χ0n) is 10.5. The van der Waals surface area contributed by atoms with Crippen molar-refractivity contribution in [3.05, 3.63) is 40.9 Å². The van der Waals surface area contributed by atoms with Gasteiger partial charge in [-0.2, -0.15) is 5.26 Å². The molecule has 1 aromatic rings. The molecular weight excluding hydrogens is 276 g/mol. The fraction of sp³-hybridized carbons (Fsp3) is 0.267. The summed E-state index contributed by atoms with van der Waals surface area (Å²) in [5.74, 6) is -1.08. The summed E-state index contributed by atoms with van der Waals surface area (Å²) < 4.78 is 0. The van der Waals surface area contributed by atoms with E-state index in [4.69, 9.17) is 16.9 Å². The molecule has 2 amide bonds. The molecule has 2 aliphatic rings. The highest BCUT2D eigenvalue weighted by atomic mass is 35.5. The molecule has 1 heterocycles. The van der Waals surface area contributed by atoms with Gasteiger partial charge in [0.1, 0.15) is 6.07 Å². The Morgan fingerprint density at radius 1 is 1.15 bits per heavy atom. The van der Waals surface area contributed by atoms with E-state index >= 15 is 0 Å². The number of nitrogens with zero attached hydrogens (tertiary/aromatic N) is 2. The van der Waals surface area contributed by atoms with Crippen LogP contribution in [-0.2, 0) is 9.59 Å². The number of benzene rings is 1. The van der Waals surface area contributed by atoms with Crippen LogP contribution in [0.25, 0.3) is 0 Å². The lowest BCUT2D eigenvalue weighted by atomic mass is 9.85. The zero-order valence-corrected chi connectivity index (χ0v) is 11.3. The Labute approximate surface area is 121 Å². The van der Waals surface area contributed by atoms with Gasteiger partial charge in [-0.3, -0.25) is 9.59 Å². The van der Waals surface area contributed by atoms with Gasteiger partial charge in [-0.05, 0) is 31.0 Å². The van der Waals surface area contributed by atoms with E-state index in [1.807, 2.05) is 18.2 Å². The number of carbonyl (C=O) groups is 2. The van der Waals surface area contributed by atoms with Gasteiger partial charge in [0.25, 0.3) is 0 Å². The average molecular weight is 287 g/mol. The van der Waals surface area contributed by atoms with Gasteiger partial charge >= 0.3 is 0 Å². The molecule has 1 aromatic carbocycles. The van der Waals surface area contributed by atoms with E-state index in [2.05, 4.69) is 0 Å². The normalized spacial score (nSPS) is 24.7. The monoisotopic (exact) mass is 286 g/mol. The maximum Gasteiger partial charge on any atom is 0.238 e. The number of nitriles is 1. The highest BCUT2D eigenvalue weighted by molar-refractivity contribution is 6.31. The van der Waals surface area contributed by atoms with Crippen LogP contribution in [0.4, 0.5) is 5.69 Å². The first-order valence-electron chi connectivity index (χ1n) is 6.36. The molecule has 1 fully saturated rings. The molecule has 0 bridgehead atoms. The van der Waals surface area contributed by atoms with Crippen molar-refractivity contribution in [3.8, 4) is 6.07 Å². The minimum atomic E-state index is -0.307. The fourth-order valence-corrected chi connectivity index (χ4v) is 2.99. The van der Waals surface area contributed by atoms with E-state index in [1.54, 1.807) is 6.07 Å². The highest BCUT2D eigenvalue weighted by Crippen LogP contribution is 2.39. The Balaban J connectivity index is 2.08. The number of imide groups is 1. The predicted octanol–water partition coefficient (Wildman–Crippen LogP) is 2.67. The number of fused-ring (bicyclic) bond motifs is 1. The van der Waals surface area contributed by atoms with E-state index in [0.29, 0.717) is 23.6 Å². The molecule has 1 saturated heterocycles. The Bertz CT molecular complexity index is 649. The van der Waals surface area contributed by atoms with Gasteiger partial charge in [0.2, 0.25) is 11.8 Å². The van der Waals surface area contributed by atoms with E-state index in [1.165, 1.54) is 12.1 Å². The van der Waals surface area contributed by atoms with Crippen LogP contribution in [0.5, 0.6) is 0 Å². The van der Waals surface area contributed by atoms with E-state index in [-0.39, 0.29) is 29.2 Å². The predicted molar refractivity (Wildman–Crippen MR) is 74.0 cm³/mol. The van der Waals surface area contributed by atoms with Crippen molar-refractivity contribution in [1.29, 1.82) is 5.26 Å². The molecule has 0 unspecified atom stereocenters. The number of carbonyl (C=O) groups excluding carboxylic acids is 2. The molecule has 5 heteroatoms. The zero-order chi connectivity index (χ0) is 14.3. The summed E-state index contributed by atoms with van der Waals surface area (Å²) in [5, 5.41) is 9.54. The lowest BCUT2D eigenvalue weighted by molar-refractivity contribution is -0.122. The first-order valence-corrected chi connectivity index (χ1v) is 6.73. The van der Waals surface area contributed by atoms with Crippen LogP contribution in [0, 0.1) is 23.2 Å². The Morgan fingerprint density at radius 3 is 2.30 bits per heavy atom. The summed E-state index contributed by atoms with van der Waals surface area (Å²) >= 11 is 5.93. The smallest absolute Gasteiger partial charge is 0.238 e. The SMILES string of the molecule is N#Cc1ccc(Cl)cc1N1C(=O)[C@H]2CC=CC[C@H]2C1=O. The molecule has 0 N–H and O–H groups in total. The van der Waals surface area contributed by atoms with Crippen LogP contribution in [0.15, 0.2) is 30.4 Å². The summed E-state index contributed by atoms with van der Waals surface area (Å²) in [6.07, 6.45) is 5.01. The molecule has 100 valence electrons. The molecule has 4 nitrogen and oxygen atoms in total. The summed E-state index contributed by atoms with van der Waals surface area (Å²) in [6, 6.07) is 6.60. The Morgan fingerprint density at radius 2 is 1.75 bits per heavy atom. The van der Waals surface area contributed by atoms with Crippen LogP contribution < -0.4 is 4.90 Å². The maximum absolute atomic E-state index is 12.4. The highest BCUT2D eigenvalue weighted by Gasteiger charge is 2.48. The number of allylic oxidation sites excluding steroid dienone is 2. The fourth-order valence-electron chi connectivity index (χ4n) is 2.82. The van der Waals surface area contributed by atoms with Gasteiger partial charge in [-0.15, -0.1) is 0 Å². The van der Waals surface area contributed by atoms with Crippen molar-refractivity contribution < 1.29 is 9.59 Å². The van der Waals surface area contributed by atoms with E-state index in [0.717, 1.165) is 4.90 Å². The number of halogens is 1. The minimum absolute atomic E-state index is 0.233. The molecule has 0 saturated carbocycles. The van der Waals surface area contributed by atoms with Crippen molar-refractivity contribution in [3.63, 3.8) is 0 Å². The van der Waals surface area contributed by atoms with Crippen molar-refractivity contribution in [2.75, 3.05) is 4.90 Å². The minimum Gasteiger partial charge on any atom is -0.274 e. The van der Waals surface area contributed by atoms with Gasteiger partial charge < -0.3 is 0 Å². The van der Waals surface area contributed by atoms with Crippen LogP contribution in [0.3, 0.4) is 0 Å². The van der Waals surface area contributed by atoms with Gasteiger partial charge in [-0.1, -0.05) is 23.8 Å². The Kier molecular flexibility index (Phi) is 3.07. The van der Waals surface area contributed by atoms with Crippen LogP contribution >= 0.6 is 11.6 Å². The molecule has 3 rings (SSSR count). The summed E-state index contributed by atoms with van der Waals surface area (Å²) in [5.41, 5.74) is 0.576. The van der Waals surface area contributed by atoms with Crippen molar-refractivity contribution in [2.24, 2.45) is 11.8 Å². The molecule has 1 aliphatic carbocycles. The molecule has 2 atom stereocenters. The number of anilines is 1. The van der Waals surface area contributed by atoms with Crippen LogP contribution in [-0.4, -0.2) is 11.8 Å². The quantitative estimate of drug-likeness (QED) is 0.589. The second-order valence-electron chi connectivity index (χ2n) is 4.94. The van der Waals surface area contributed by atoms with Crippen molar-refractivity contribution in [2.45, 2.75) is 12.8 Å². The molecule has 0 spiro atoms. The average Bonchev–Trinajstić information content (AvgIpc) is 2.71. The van der Waals surface area contributed by atoms with Crippen LogP contribution in [0.2, 0.25) is 5.02 Å².